The summed E-state index contributed by atoms with van der Waals surface area (Å²) in [6, 6.07) is 0.948. The van der Waals surface area contributed by atoms with Crippen LogP contribution in [-0.2, 0) is 19.1 Å². The number of amides is 3. The van der Waals surface area contributed by atoms with E-state index in [4.69, 9.17) is 21.1 Å². The first-order chi connectivity index (χ1) is 16.0. The van der Waals surface area contributed by atoms with Gasteiger partial charge < -0.3 is 25.4 Å². The molecule has 0 saturated heterocycles. The number of esters is 2. The molecule has 0 unspecified atom stereocenters. The first-order valence-electron chi connectivity index (χ1n) is 10.3. The molecule has 0 bridgehead atoms. The van der Waals surface area contributed by atoms with Crippen molar-refractivity contribution >= 4 is 41.2 Å². The lowest BCUT2D eigenvalue weighted by Crippen LogP contribution is -2.50. The second-order valence-electron chi connectivity index (χ2n) is 7.66. The highest BCUT2D eigenvalue weighted by Crippen LogP contribution is 2.22. The van der Waals surface area contributed by atoms with E-state index in [2.05, 4.69) is 16.0 Å². The van der Waals surface area contributed by atoms with Crippen LogP contribution in [0.4, 0.5) is 10.5 Å². The minimum absolute atomic E-state index is 0.0328. The number of carbonyl (C=O) groups excluding carboxylic acids is 4. The van der Waals surface area contributed by atoms with Gasteiger partial charge in [-0.3, -0.25) is 14.9 Å². The Bertz CT molecular complexity index is 1040. The maximum atomic E-state index is 12.8. The Morgan fingerprint density at radius 3 is 2.53 bits per heavy atom. The average molecular weight is 497 g/mol. The fraction of sp³-hybridized carbons (Fsp3) is 0.429. The van der Waals surface area contributed by atoms with E-state index in [9.17, 15) is 29.3 Å². The van der Waals surface area contributed by atoms with Crippen molar-refractivity contribution in [3.63, 3.8) is 0 Å². The normalized spacial score (nSPS) is 16.3. The van der Waals surface area contributed by atoms with E-state index < -0.39 is 53.4 Å². The number of rotatable bonds is 9. The highest BCUT2D eigenvalue weighted by Gasteiger charge is 2.32. The third kappa shape index (κ3) is 6.44. The molecular formula is C21H25ClN4O8. The van der Waals surface area contributed by atoms with E-state index in [0.29, 0.717) is 0 Å². The number of ether oxygens (including phenoxy) is 2. The van der Waals surface area contributed by atoms with Crippen LogP contribution >= 0.6 is 11.6 Å². The lowest BCUT2D eigenvalue weighted by molar-refractivity contribution is -0.384. The van der Waals surface area contributed by atoms with Crippen LogP contribution in [0.2, 0.25) is 5.02 Å². The van der Waals surface area contributed by atoms with E-state index in [1.807, 2.05) is 0 Å². The van der Waals surface area contributed by atoms with Gasteiger partial charge in [0.05, 0.1) is 39.4 Å². The summed E-state index contributed by atoms with van der Waals surface area (Å²) >= 11 is 6.00. The summed E-state index contributed by atoms with van der Waals surface area (Å²) in [7, 11) is 0. The van der Waals surface area contributed by atoms with Crippen molar-refractivity contribution in [3.05, 3.63) is 50.2 Å². The predicted molar refractivity (Wildman–Crippen MR) is 120 cm³/mol. The maximum Gasteiger partial charge on any atom is 0.338 e. The van der Waals surface area contributed by atoms with Crippen LogP contribution in [0.1, 0.15) is 38.1 Å². The van der Waals surface area contributed by atoms with E-state index in [1.54, 1.807) is 27.7 Å². The number of hydrogen-bond donors (Lipinski definition) is 3. The molecule has 184 valence electrons. The first-order valence-corrected chi connectivity index (χ1v) is 10.7. The largest absolute Gasteiger partial charge is 0.463 e. The minimum Gasteiger partial charge on any atom is -0.463 e. The highest BCUT2D eigenvalue weighted by molar-refractivity contribution is 6.34. The predicted octanol–water partition coefficient (Wildman–Crippen LogP) is 2.06. The van der Waals surface area contributed by atoms with Crippen molar-refractivity contribution in [2.45, 2.75) is 39.8 Å². The number of nitro groups is 1. The number of nitrogens with one attached hydrogen (secondary N) is 3. The molecule has 13 heteroatoms. The zero-order valence-corrected chi connectivity index (χ0v) is 19.7. The summed E-state index contributed by atoms with van der Waals surface area (Å²) in [5.74, 6) is -2.77. The molecule has 1 aromatic rings. The smallest absolute Gasteiger partial charge is 0.338 e. The molecule has 12 nitrogen and oxygen atoms in total. The second kappa shape index (κ2) is 11.5. The molecule has 2 rings (SSSR count). The van der Waals surface area contributed by atoms with Gasteiger partial charge in [-0.2, -0.15) is 0 Å². The quantitative estimate of drug-likeness (QED) is 0.265. The van der Waals surface area contributed by atoms with Gasteiger partial charge in [0, 0.05) is 12.1 Å². The third-order valence-electron chi connectivity index (χ3n) is 4.84. The Labute approximate surface area is 200 Å². The monoisotopic (exact) mass is 496 g/mol. The topological polar surface area (TPSA) is 166 Å². The summed E-state index contributed by atoms with van der Waals surface area (Å²) in [6.45, 7) is 6.16. The van der Waals surface area contributed by atoms with Gasteiger partial charge in [-0.25, -0.2) is 14.4 Å². The van der Waals surface area contributed by atoms with Crippen molar-refractivity contribution in [2.24, 2.45) is 5.92 Å². The Kier molecular flexibility index (Phi) is 8.96. The minimum atomic E-state index is -1.15. The lowest BCUT2D eigenvalue weighted by atomic mass is 10.0. The van der Waals surface area contributed by atoms with Crippen molar-refractivity contribution in [2.75, 3.05) is 13.2 Å². The molecule has 0 saturated carbocycles. The zero-order valence-electron chi connectivity index (χ0n) is 19.0. The number of non-ortho nitro benzene ring substituents is 1. The molecule has 3 N–H and O–H groups in total. The number of carbonyl (C=O) groups is 4. The molecule has 1 aromatic carbocycles. The van der Waals surface area contributed by atoms with E-state index in [0.717, 1.165) is 12.1 Å². The summed E-state index contributed by atoms with van der Waals surface area (Å²) in [4.78, 5) is 59.9. The number of nitro benzene ring substituents is 1. The van der Waals surface area contributed by atoms with Gasteiger partial charge in [-0.1, -0.05) is 25.4 Å². The fourth-order valence-electron chi connectivity index (χ4n) is 3.14. The molecule has 0 spiro atoms. The number of benzene rings is 1. The molecule has 1 aliphatic heterocycles. The van der Waals surface area contributed by atoms with E-state index >= 15 is 0 Å². The van der Waals surface area contributed by atoms with Gasteiger partial charge in [0.25, 0.3) is 11.6 Å². The molecule has 0 fully saturated rings. The van der Waals surface area contributed by atoms with Crippen LogP contribution in [0, 0.1) is 16.0 Å². The standard InChI is InChI=1S/C21H25ClN4O8/c1-5-33-19(28)16-11(4)23-21(30)24-15(16)9-34-20(29)17(10(2)3)25-18(27)13-8-12(26(31)32)6-7-14(13)22/h6-8,10-11,17H,5,9H2,1-4H3,(H,25,27)(H2,23,24,30)/t11-,17-/m0/s1. The third-order valence-corrected chi connectivity index (χ3v) is 5.17. The number of nitrogens with zero attached hydrogens (tertiary/aromatic N) is 1. The van der Waals surface area contributed by atoms with Gasteiger partial charge in [-0.05, 0) is 25.8 Å². The molecule has 1 heterocycles. The van der Waals surface area contributed by atoms with Crippen LogP contribution in [0.15, 0.2) is 29.5 Å². The van der Waals surface area contributed by atoms with Crippen LogP contribution in [-0.4, -0.2) is 54.1 Å². The summed E-state index contributed by atoms with van der Waals surface area (Å²) in [6.07, 6.45) is 0. The Balaban J connectivity index is 2.20. The first kappa shape index (κ1) is 26.6. The van der Waals surface area contributed by atoms with Crippen LogP contribution < -0.4 is 16.0 Å². The van der Waals surface area contributed by atoms with Crippen molar-refractivity contribution in [3.8, 4) is 0 Å². The summed E-state index contributed by atoms with van der Waals surface area (Å²) in [5.41, 5.74) is -0.366. The molecular weight excluding hydrogens is 472 g/mol. The molecule has 0 aromatic heterocycles. The molecule has 2 atom stereocenters. The van der Waals surface area contributed by atoms with Crippen LogP contribution in [0.5, 0.6) is 0 Å². The lowest BCUT2D eigenvalue weighted by Gasteiger charge is -2.27. The van der Waals surface area contributed by atoms with Crippen molar-refractivity contribution in [1.29, 1.82) is 0 Å². The molecule has 0 aliphatic carbocycles. The van der Waals surface area contributed by atoms with E-state index in [-0.39, 0.29) is 34.2 Å². The van der Waals surface area contributed by atoms with Gasteiger partial charge in [0.15, 0.2) is 0 Å². The van der Waals surface area contributed by atoms with Gasteiger partial charge >= 0.3 is 18.0 Å². The molecule has 1 aliphatic rings. The molecule has 3 amide bonds. The van der Waals surface area contributed by atoms with Crippen LogP contribution in [0.3, 0.4) is 0 Å². The molecule has 0 radical (unpaired) electrons. The summed E-state index contributed by atoms with van der Waals surface area (Å²) in [5, 5.41) is 18.4. The zero-order chi connectivity index (χ0) is 25.6. The Hall–Kier alpha value is -3.67. The fourth-order valence-corrected chi connectivity index (χ4v) is 3.35. The van der Waals surface area contributed by atoms with E-state index in [1.165, 1.54) is 6.07 Å². The number of halogens is 1. The van der Waals surface area contributed by atoms with Gasteiger partial charge in [0.1, 0.15) is 12.6 Å². The second-order valence-corrected chi connectivity index (χ2v) is 8.06. The average Bonchev–Trinajstić information content (AvgIpc) is 2.75. The molecule has 34 heavy (non-hydrogen) atoms. The Morgan fingerprint density at radius 2 is 1.94 bits per heavy atom. The summed E-state index contributed by atoms with van der Waals surface area (Å²) < 4.78 is 10.3. The SMILES string of the molecule is CCOC(=O)C1=C(COC(=O)[C@@H](NC(=O)c2cc([N+](=O)[O-])ccc2Cl)C(C)C)NC(=O)N[C@H]1C. The van der Waals surface area contributed by atoms with Crippen molar-refractivity contribution in [1.82, 2.24) is 16.0 Å². The van der Waals surface area contributed by atoms with Gasteiger partial charge in [-0.15, -0.1) is 0 Å². The number of hydrogen-bond acceptors (Lipinski definition) is 8. The number of urea groups is 1. The Morgan fingerprint density at radius 1 is 1.26 bits per heavy atom. The maximum absolute atomic E-state index is 12.8. The van der Waals surface area contributed by atoms with Crippen molar-refractivity contribution < 1.29 is 33.6 Å². The van der Waals surface area contributed by atoms with Gasteiger partial charge in [0.2, 0.25) is 0 Å². The van der Waals surface area contributed by atoms with Crippen LogP contribution in [0.25, 0.3) is 0 Å². The highest BCUT2D eigenvalue weighted by atomic mass is 35.5.